The van der Waals surface area contributed by atoms with Gasteiger partial charge >= 0.3 is 0 Å². The molecule has 3 N–H and O–H groups in total. The fourth-order valence-electron chi connectivity index (χ4n) is 4.78. The van der Waals surface area contributed by atoms with Gasteiger partial charge in [0.25, 0.3) is 5.91 Å². The average molecular weight is 533 g/mol. The summed E-state index contributed by atoms with van der Waals surface area (Å²) in [5, 5.41) is 10.6. The first kappa shape index (κ1) is 26.3. The standard InChI is InChI=1S/C26H30Cl2N4O4/c1-35-19-9-6-16(7-10-19)24-13-22(31-32(24)23-11-8-18(27)12-20(23)28)26(34)30-21-5-3-2-4-17(21)14-36-15-25(29)33/h6-12,17,21,24H,2-5,13-15H2,1H3,(H2,29,33)(H,30,34). The number of carbonyl (C=O) groups is 2. The summed E-state index contributed by atoms with van der Waals surface area (Å²) in [4.78, 5) is 24.4. The Kier molecular flexibility index (Phi) is 8.72. The van der Waals surface area contributed by atoms with Gasteiger partial charge in [-0.05, 0) is 48.7 Å². The zero-order valence-electron chi connectivity index (χ0n) is 20.1. The molecule has 1 heterocycles. The summed E-state index contributed by atoms with van der Waals surface area (Å²) < 4.78 is 10.8. The fourth-order valence-corrected chi connectivity index (χ4v) is 5.28. The minimum atomic E-state index is -0.503. The second kappa shape index (κ2) is 12.0. The van der Waals surface area contributed by atoms with Gasteiger partial charge in [0, 0.05) is 23.4 Å². The van der Waals surface area contributed by atoms with Crippen LogP contribution in [0.1, 0.15) is 43.7 Å². The lowest BCUT2D eigenvalue weighted by atomic mass is 9.85. The van der Waals surface area contributed by atoms with Crippen LogP contribution in [0.2, 0.25) is 10.0 Å². The van der Waals surface area contributed by atoms with Crippen LogP contribution < -0.4 is 20.8 Å². The number of nitrogens with zero attached hydrogens (tertiary/aromatic N) is 2. The summed E-state index contributed by atoms with van der Waals surface area (Å²) in [5.41, 5.74) is 7.25. The maximum Gasteiger partial charge on any atom is 0.267 e. The maximum atomic E-state index is 13.4. The molecule has 192 valence electrons. The fraction of sp³-hybridized carbons (Fsp3) is 0.423. The van der Waals surface area contributed by atoms with E-state index in [1.807, 2.05) is 24.3 Å². The van der Waals surface area contributed by atoms with Crippen molar-refractivity contribution in [1.29, 1.82) is 0 Å². The number of methoxy groups -OCH3 is 1. The largest absolute Gasteiger partial charge is 0.497 e. The van der Waals surface area contributed by atoms with Crippen molar-refractivity contribution >= 4 is 46.4 Å². The third-order valence-electron chi connectivity index (χ3n) is 6.63. The number of ether oxygens (including phenoxy) is 2. The number of halogens is 2. The summed E-state index contributed by atoms with van der Waals surface area (Å²) in [7, 11) is 1.62. The highest BCUT2D eigenvalue weighted by atomic mass is 35.5. The molecular formula is C26H30Cl2N4O4. The Morgan fingerprint density at radius 3 is 2.58 bits per heavy atom. The van der Waals surface area contributed by atoms with Crippen molar-refractivity contribution in [3.8, 4) is 5.75 Å². The van der Waals surface area contributed by atoms with Gasteiger partial charge in [-0.3, -0.25) is 14.6 Å². The number of nitrogens with one attached hydrogen (secondary N) is 1. The van der Waals surface area contributed by atoms with Crippen LogP contribution in [0.4, 0.5) is 5.69 Å². The molecule has 10 heteroatoms. The van der Waals surface area contributed by atoms with Crippen molar-refractivity contribution in [2.24, 2.45) is 16.8 Å². The molecule has 36 heavy (non-hydrogen) atoms. The van der Waals surface area contributed by atoms with Gasteiger partial charge in [-0.25, -0.2) is 0 Å². The highest BCUT2D eigenvalue weighted by Crippen LogP contribution is 2.40. The number of amides is 2. The van der Waals surface area contributed by atoms with E-state index < -0.39 is 5.91 Å². The maximum absolute atomic E-state index is 13.4. The quantitative estimate of drug-likeness (QED) is 0.494. The number of nitrogens with two attached hydrogens (primary N) is 1. The molecule has 1 aliphatic heterocycles. The minimum absolute atomic E-state index is 0.0607. The molecule has 0 bridgehead atoms. The lowest BCUT2D eigenvalue weighted by molar-refractivity contribution is -0.123. The summed E-state index contributed by atoms with van der Waals surface area (Å²) >= 11 is 12.6. The smallest absolute Gasteiger partial charge is 0.267 e. The minimum Gasteiger partial charge on any atom is -0.497 e. The number of hydrazone groups is 1. The van der Waals surface area contributed by atoms with E-state index in [-0.39, 0.29) is 30.5 Å². The van der Waals surface area contributed by atoms with Crippen LogP contribution in [0.15, 0.2) is 47.6 Å². The zero-order valence-corrected chi connectivity index (χ0v) is 21.6. The molecule has 2 aromatic rings. The van der Waals surface area contributed by atoms with Crippen molar-refractivity contribution in [3.63, 3.8) is 0 Å². The lowest BCUT2D eigenvalue weighted by Crippen LogP contribution is -2.46. The Balaban J connectivity index is 1.54. The Morgan fingerprint density at radius 2 is 1.89 bits per heavy atom. The molecule has 2 aliphatic rings. The Hall–Kier alpha value is -2.81. The summed E-state index contributed by atoms with van der Waals surface area (Å²) in [5.74, 6) is 0.141. The van der Waals surface area contributed by atoms with Gasteiger partial charge in [0.2, 0.25) is 5.91 Å². The number of benzene rings is 2. The van der Waals surface area contributed by atoms with Crippen molar-refractivity contribution in [2.45, 2.75) is 44.2 Å². The van der Waals surface area contributed by atoms with Crippen LogP contribution in [0.25, 0.3) is 0 Å². The van der Waals surface area contributed by atoms with E-state index in [4.69, 9.17) is 43.5 Å². The van der Waals surface area contributed by atoms with Gasteiger partial charge in [-0.2, -0.15) is 5.10 Å². The van der Waals surface area contributed by atoms with Crippen LogP contribution in [-0.4, -0.2) is 43.9 Å². The molecule has 2 amide bonds. The normalized spacial score (nSPS) is 21.7. The monoisotopic (exact) mass is 532 g/mol. The average Bonchev–Trinajstić information content (AvgIpc) is 3.30. The van der Waals surface area contributed by atoms with E-state index in [1.54, 1.807) is 30.3 Å². The van der Waals surface area contributed by atoms with Crippen LogP contribution in [0.5, 0.6) is 5.75 Å². The Bertz CT molecular complexity index is 1130. The molecule has 3 unspecified atom stereocenters. The van der Waals surface area contributed by atoms with E-state index in [9.17, 15) is 9.59 Å². The summed E-state index contributed by atoms with van der Waals surface area (Å²) in [6.07, 6.45) is 4.24. The zero-order chi connectivity index (χ0) is 25.7. The van der Waals surface area contributed by atoms with E-state index in [0.29, 0.717) is 34.5 Å². The van der Waals surface area contributed by atoms with Gasteiger partial charge in [0.05, 0.1) is 30.5 Å². The topological polar surface area (TPSA) is 106 Å². The Morgan fingerprint density at radius 1 is 1.14 bits per heavy atom. The number of primary amides is 1. The number of anilines is 1. The van der Waals surface area contributed by atoms with E-state index >= 15 is 0 Å². The molecule has 2 aromatic carbocycles. The van der Waals surface area contributed by atoms with Gasteiger partial charge in [-0.15, -0.1) is 0 Å². The van der Waals surface area contributed by atoms with Gasteiger partial charge in [0.15, 0.2) is 0 Å². The lowest BCUT2D eigenvalue weighted by Gasteiger charge is -2.31. The summed E-state index contributed by atoms with van der Waals surface area (Å²) in [6.45, 7) is 0.256. The molecule has 0 spiro atoms. The molecule has 0 saturated heterocycles. The number of hydrogen-bond acceptors (Lipinski definition) is 6. The number of rotatable bonds is 9. The Labute approximate surface area is 220 Å². The van der Waals surface area contributed by atoms with Gasteiger partial charge in [0.1, 0.15) is 18.1 Å². The first-order chi connectivity index (χ1) is 17.4. The molecular weight excluding hydrogens is 503 g/mol. The van der Waals surface area contributed by atoms with E-state index in [0.717, 1.165) is 37.0 Å². The van der Waals surface area contributed by atoms with Crippen molar-refractivity contribution in [2.75, 3.05) is 25.3 Å². The van der Waals surface area contributed by atoms with Crippen molar-refractivity contribution in [3.05, 3.63) is 58.1 Å². The second-order valence-corrected chi connectivity index (χ2v) is 9.93. The highest BCUT2D eigenvalue weighted by molar-refractivity contribution is 6.40. The van der Waals surface area contributed by atoms with E-state index in [1.165, 1.54) is 0 Å². The number of carbonyl (C=O) groups excluding carboxylic acids is 2. The molecule has 1 fully saturated rings. The SMILES string of the molecule is COc1ccc(C2CC(C(=O)NC3CCCCC3COCC(N)=O)=NN2c2ccc(Cl)cc2Cl)cc1. The molecule has 8 nitrogen and oxygen atoms in total. The van der Waals surface area contributed by atoms with Crippen LogP contribution in [0.3, 0.4) is 0 Å². The second-order valence-electron chi connectivity index (χ2n) is 9.09. The van der Waals surface area contributed by atoms with Crippen molar-refractivity contribution < 1.29 is 19.1 Å². The van der Waals surface area contributed by atoms with Crippen molar-refractivity contribution in [1.82, 2.24) is 5.32 Å². The van der Waals surface area contributed by atoms with E-state index in [2.05, 4.69) is 5.32 Å². The molecule has 0 aromatic heterocycles. The predicted octanol–water partition coefficient (Wildman–Crippen LogP) is 4.49. The van der Waals surface area contributed by atoms with Crippen LogP contribution in [0, 0.1) is 5.92 Å². The summed E-state index contributed by atoms with van der Waals surface area (Å²) in [6, 6.07) is 12.6. The van der Waals surface area contributed by atoms with Gasteiger partial charge < -0.3 is 20.5 Å². The van der Waals surface area contributed by atoms with Crippen LogP contribution in [-0.2, 0) is 14.3 Å². The predicted molar refractivity (Wildman–Crippen MR) is 141 cm³/mol. The third kappa shape index (κ3) is 6.30. The molecule has 4 rings (SSSR count). The molecule has 1 saturated carbocycles. The highest BCUT2D eigenvalue weighted by Gasteiger charge is 2.35. The molecule has 0 radical (unpaired) electrons. The van der Waals surface area contributed by atoms with Crippen LogP contribution >= 0.6 is 23.2 Å². The third-order valence-corrected chi connectivity index (χ3v) is 7.17. The molecule has 3 atom stereocenters. The molecule has 1 aliphatic carbocycles. The number of hydrogen-bond donors (Lipinski definition) is 2. The van der Waals surface area contributed by atoms with Gasteiger partial charge in [-0.1, -0.05) is 48.2 Å². The first-order valence-electron chi connectivity index (χ1n) is 12.0. The first-order valence-corrected chi connectivity index (χ1v) is 12.7.